The largest absolute Gasteiger partial charge is 0.437 e. The molecule has 1 aromatic rings. The maximum atomic E-state index is 11.3. The molecule has 0 fully saturated rings. The van der Waals surface area contributed by atoms with Crippen LogP contribution in [-0.4, -0.2) is 11.3 Å². The van der Waals surface area contributed by atoms with E-state index >= 15 is 0 Å². The highest BCUT2D eigenvalue weighted by molar-refractivity contribution is 6.65. The van der Waals surface area contributed by atoms with E-state index in [0.29, 0.717) is 17.1 Å². The molecule has 4 nitrogen and oxygen atoms in total. The summed E-state index contributed by atoms with van der Waals surface area (Å²) in [5.74, 6) is 0. The van der Waals surface area contributed by atoms with Crippen LogP contribution in [0.5, 0.6) is 0 Å². The lowest BCUT2D eigenvalue weighted by Gasteiger charge is -2.03. The first-order chi connectivity index (χ1) is 8.11. The lowest BCUT2D eigenvalue weighted by molar-refractivity contribution is 0.166. The Labute approximate surface area is 110 Å². The molecule has 0 heterocycles. The van der Waals surface area contributed by atoms with E-state index in [2.05, 4.69) is 15.3 Å². The number of rotatable bonds is 4. The van der Waals surface area contributed by atoms with Gasteiger partial charge in [-0.25, -0.2) is 4.79 Å². The van der Waals surface area contributed by atoms with E-state index in [1.54, 1.807) is 24.3 Å². The number of hydrogen-bond acceptors (Lipinski definition) is 3. The first-order valence-electron chi connectivity index (χ1n) is 5.07. The van der Waals surface area contributed by atoms with Crippen molar-refractivity contribution in [2.24, 2.45) is 5.16 Å². The third kappa shape index (κ3) is 5.56. The van der Waals surface area contributed by atoms with E-state index in [0.717, 1.165) is 6.42 Å². The van der Waals surface area contributed by atoms with Crippen LogP contribution in [-0.2, 0) is 4.84 Å². The second-order valence-corrected chi connectivity index (χ2v) is 4.10. The molecule has 0 unspecified atom stereocenters. The Kier molecular flexibility index (Phi) is 5.80. The number of carbonyl (C=O) groups is 1. The summed E-state index contributed by atoms with van der Waals surface area (Å²) >= 11 is 11.4. The predicted molar refractivity (Wildman–Crippen MR) is 69.8 cm³/mol. The Morgan fingerprint density at radius 2 is 2.29 bits per heavy atom. The van der Waals surface area contributed by atoms with Crippen molar-refractivity contribution in [2.45, 2.75) is 19.8 Å². The monoisotopic (exact) mass is 274 g/mol. The molecule has 0 aliphatic carbocycles. The fourth-order valence-corrected chi connectivity index (χ4v) is 1.46. The summed E-state index contributed by atoms with van der Waals surface area (Å²) < 4.78 is 0. The smallest absolute Gasteiger partial charge is 0.297 e. The quantitative estimate of drug-likeness (QED) is 0.507. The normalized spacial score (nSPS) is 11.1. The van der Waals surface area contributed by atoms with E-state index in [9.17, 15) is 4.79 Å². The number of oxime groups is 1. The highest BCUT2D eigenvalue weighted by atomic mass is 35.5. The maximum Gasteiger partial charge on any atom is 0.437 e. The standard InChI is InChI=1S/C11H12Cl2N2O2/c1-2-4-10(13)15-17-11(16)14-9-6-3-5-8(12)7-9/h3,5-7H,2,4H2,1H3,(H,14,16)/b15-10+. The van der Waals surface area contributed by atoms with Gasteiger partial charge in [0.15, 0.2) is 0 Å². The number of hydrogen-bond donors (Lipinski definition) is 1. The van der Waals surface area contributed by atoms with Crippen molar-refractivity contribution in [1.29, 1.82) is 0 Å². The van der Waals surface area contributed by atoms with Crippen LogP contribution in [0.15, 0.2) is 29.4 Å². The molecule has 0 radical (unpaired) electrons. The van der Waals surface area contributed by atoms with Gasteiger partial charge in [-0.05, 0) is 24.6 Å². The van der Waals surface area contributed by atoms with Crippen LogP contribution in [0.25, 0.3) is 0 Å². The van der Waals surface area contributed by atoms with Crippen molar-refractivity contribution < 1.29 is 9.63 Å². The van der Waals surface area contributed by atoms with E-state index < -0.39 is 6.09 Å². The van der Waals surface area contributed by atoms with Crippen LogP contribution in [0, 0.1) is 0 Å². The number of amides is 1. The summed E-state index contributed by atoms with van der Waals surface area (Å²) in [6.07, 6.45) is 0.703. The van der Waals surface area contributed by atoms with Crippen molar-refractivity contribution >= 4 is 40.2 Å². The van der Waals surface area contributed by atoms with Gasteiger partial charge in [-0.1, -0.05) is 41.3 Å². The molecule has 0 saturated heterocycles. The van der Waals surface area contributed by atoms with Gasteiger partial charge in [0.2, 0.25) is 0 Å². The molecule has 6 heteroatoms. The van der Waals surface area contributed by atoms with Crippen molar-refractivity contribution in [2.75, 3.05) is 5.32 Å². The molecule has 0 aliphatic rings. The number of halogens is 2. The highest BCUT2D eigenvalue weighted by Gasteiger charge is 2.03. The average molecular weight is 275 g/mol. The molecule has 17 heavy (non-hydrogen) atoms. The first-order valence-corrected chi connectivity index (χ1v) is 5.83. The fourth-order valence-electron chi connectivity index (χ4n) is 1.05. The molecule has 1 aromatic carbocycles. The lowest BCUT2D eigenvalue weighted by atomic mass is 10.3. The summed E-state index contributed by atoms with van der Waals surface area (Å²) in [5.41, 5.74) is 0.532. The number of nitrogens with zero attached hydrogens (tertiary/aromatic N) is 1. The van der Waals surface area contributed by atoms with Crippen LogP contribution in [0.2, 0.25) is 5.02 Å². The van der Waals surface area contributed by atoms with Crippen molar-refractivity contribution in [1.82, 2.24) is 0 Å². The number of benzene rings is 1. The van der Waals surface area contributed by atoms with Gasteiger partial charge in [-0.3, -0.25) is 10.2 Å². The minimum Gasteiger partial charge on any atom is -0.297 e. The van der Waals surface area contributed by atoms with Gasteiger partial charge in [-0.15, -0.1) is 0 Å². The maximum absolute atomic E-state index is 11.3. The third-order valence-corrected chi connectivity index (χ3v) is 2.25. The van der Waals surface area contributed by atoms with Gasteiger partial charge in [-0.2, -0.15) is 0 Å². The van der Waals surface area contributed by atoms with Gasteiger partial charge < -0.3 is 0 Å². The van der Waals surface area contributed by atoms with Crippen LogP contribution in [0.1, 0.15) is 19.8 Å². The number of nitrogens with one attached hydrogen (secondary N) is 1. The summed E-state index contributed by atoms with van der Waals surface area (Å²) in [6, 6.07) is 6.70. The molecule has 0 aromatic heterocycles. The average Bonchev–Trinajstić information content (AvgIpc) is 2.27. The number of anilines is 1. The zero-order chi connectivity index (χ0) is 12.7. The van der Waals surface area contributed by atoms with Gasteiger partial charge in [0.25, 0.3) is 0 Å². The minimum atomic E-state index is -0.707. The topological polar surface area (TPSA) is 50.7 Å². The molecule has 0 aliphatic heterocycles. The van der Waals surface area contributed by atoms with Gasteiger partial charge in [0.05, 0.1) is 0 Å². The Morgan fingerprint density at radius 3 is 2.94 bits per heavy atom. The van der Waals surface area contributed by atoms with Gasteiger partial charge in [0.1, 0.15) is 5.17 Å². The Balaban J connectivity index is 2.47. The second-order valence-electron chi connectivity index (χ2n) is 3.23. The third-order valence-electron chi connectivity index (χ3n) is 1.75. The van der Waals surface area contributed by atoms with Crippen molar-refractivity contribution in [3.8, 4) is 0 Å². The molecule has 1 N–H and O–H groups in total. The number of carbonyl (C=O) groups excluding carboxylic acids is 1. The predicted octanol–water partition coefficient (Wildman–Crippen LogP) is 4.24. The summed E-state index contributed by atoms with van der Waals surface area (Å²) in [5, 5.41) is 6.72. The zero-order valence-electron chi connectivity index (χ0n) is 9.24. The van der Waals surface area contributed by atoms with E-state index in [-0.39, 0.29) is 5.17 Å². The molecule has 0 saturated carbocycles. The summed E-state index contributed by atoms with van der Waals surface area (Å²) in [4.78, 5) is 15.9. The van der Waals surface area contributed by atoms with Crippen molar-refractivity contribution in [3.63, 3.8) is 0 Å². The molecule has 1 rings (SSSR count). The Hall–Kier alpha value is -1.26. The molecular weight excluding hydrogens is 263 g/mol. The molecule has 1 amide bonds. The SMILES string of the molecule is CCC/C(Cl)=N\OC(=O)Nc1cccc(Cl)c1. The molecule has 92 valence electrons. The second kappa shape index (κ2) is 7.14. The van der Waals surface area contributed by atoms with E-state index in [4.69, 9.17) is 23.2 Å². The van der Waals surface area contributed by atoms with Crippen LogP contribution in [0.3, 0.4) is 0 Å². The lowest BCUT2D eigenvalue weighted by Crippen LogP contribution is -2.11. The minimum absolute atomic E-state index is 0.258. The van der Waals surface area contributed by atoms with Crippen LogP contribution < -0.4 is 5.32 Å². The fraction of sp³-hybridized carbons (Fsp3) is 0.273. The van der Waals surface area contributed by atoms with Gasteiger partial charge in [0, 0.05) is 17.1 Å². The van der Waals surface area contributed by atoms with Gasteiger partial charge >= 0.3 is 6.09 Å². The Bertz CT molecular complexity index is 422. The molecular formula is C11H12Cl2N2O2. The van der Waals surface area contributed by atoms with Crippen LogP contribution >= 0.6 is 23.2 Å². The van der Waals surface area contributed by atoms with Crippen molar-refractivity contribution in [3.05, 3.63) is 29.3 Å². The summed E-state index contributed by atoms with van der Waals surface area (Å²) in [7, 11) is 0. The van der Waals surface area contributed by atoms with E-state index in [1.165, 1.54) is 0 Å². The Morgan fingerprint density at radius 1 is 1.53 bits per heavy atom. The molecule has 0 bridgehead atoms. The first kappa shape index (κ1) is 13.8. The highest BCUT2D eigenvalue weighted by Crippen LogP contribution is 2.15. The summed E-state index contributed by atoms with van der Waals surface area (Å²) in [6.45, 7) is 1.95. The van der Waals surface area contributed by atoms with E-state index in [1.807, 2.05) is 6.92 Å². The zero-order valence-corrected chi connectivity index (χ0v) is 10.8. The van der Waals surface area contributed by atoms with Crippen LogP contribution in [0.4, 0.5) is 10.5 Å². The molecule has 0 atom stereocenters. The molecule has 0 spiro atoms.